The Balaban J connectivity index is 2.38. The zero-order chi connectivity index (χ0) is 18.7. The normalized spacial score (nSPS) is 17.6. The quantitative estimate of drug-likeness (QED) is 0.400. The average molecular weight is 353 g/mol. The molecule has 0 bridgehead atoms. The van der Waals surface area contributed by atoms with Gasteiger partial charge < -0.3 is 20.9 Å². The van der Waals surface area contributed by atoms with E-state index in [1.807, 2.05) is 14.0 Å². The molecule has 0 spiro atoms. The zero-order valence-corrected chi connectivity index (χ0v) is 16.6. The maximum absolute atomic E-state index is 12.4. The van der Waals surface area contributed by atoms with Crippen molar-refractivity contribution in [2.45, 2.75) is 57.7 Å². The fourth-order valence-corrected chi connectivity index (χ4v) is 2.56. The molecule has 7 heteroatoms. The highest BCUT2D eigenvalue weighted by Gasteiger charge is 2.29. The number of rotatable bonds is 10. The molecule has 1 saturated heterocycles. The fraction of sp³-hybridized carbons (Fsp3) is 0.889. The number of nitrogens with one attached hydrogen (secondary N) is 3. The van der Waals surface area contributed by atoms with E-state index in [0.717, 1.165) is 52.0 Å². The van der Waals surface area contributed by atoms with Gasteiger partial charge in [-0.3, -0.25) is 4.79 Å². The first-order valence-corrected chi connectivity index (χ1v) is 9.36. The Morgan fingerprint density at radius 3 is 2.64 bits per heavy atom. The minimum absolute atomic E-state index is 0.0532. The van der Waals surface area contributed by atoms with Gasteiger partial charge in [-0.2, -0.15) is 0 Å². The van der Waals surface area contributed by atoms with Crippen LogP contribution in [0, 0.1) is 0 Å². The van der Waals surface area contributed by atoms with Crippen LogP contribution in [0.15, 0.2) is 9.98 Å². The average Bonchev–Trinajstić information content (AvgIpc) is 2.56. The van der Waals surface area contributed by atoms with E-state index in [2.05, 4.69) is 43.9 Å². The van der Waals surface area contributed by atoms with Crippen molar-refractivity contribution in [2.24, 2.45) is 9.98 Å². The number of hydrogen-bond donors (Lipinski definition) is 3. The van der Waals surface area contributed by atoms with Gasteiger partial charge in [-0.15, -0.1) is 0 Å². The Bertz CT molecular complexity index is 450. The number of amides is 1. The van der Waals surface area contributed by atoms with E-state index >= 15 is 0 Å². The Labute approximate surface area is 152 Å². The zero-order valence-electron chi connectivity index (χ0n) is 16.6. The molecule has 0 radical (unpaired) electrons. The third-order valence-electron chi connectivity index (χ3n) is 4.44. The number of hydrogen-bond acceptors (Lipinski definition) is 6. The number of piperidine rings is 1. The van der Waals surface area contributed by atoms with E-state index in [1.54, 1.807) is 13.8 Å². The lowest BCUT2D eigenvalue weighted by Crippen LogP contribution is -2.49. The molecule has 1 atom stereocenters. The van der Waals surface area contributed by atoms with Crippen molar-refractivity contribution in [3.8, 4) is 0 Å². The predicted molar refractivity (Wildman–Crippen MR) is 103 cm³/mol. The molecule has 1 unspecified atom stereocenters. The number of aliphatic imine (C=N–C) groups is 2. The summed E-state index contributed by atoms with van der Waals surface area (Å²) in [6.07, 6.45) is 3.07. The molecule has 144 valence electrons. The van der Waals surface area contributed by atoms with Crippen molar-refractivity contribution >= 4 is 11.9 Å². The first kappa shape index (κ1) is 21.8. The summed E-state index contributed by atoms with van der Waals surface area (Å²) in [6.45, 7) is 10.4. The third-order valence-corrected chi connectivity index (χ3v) is 4.44. The van der Waals surface area contributed by atoms with Gasteiger partial charge in [0.2, 0.25) is 5.91 Å². The fourth-order valence-electron chi connectivity index (χ4n) is 2.56. The van der Waals surface area contributed by atoms with Gasteiger partial charge >= 0.3 is 0 Å². The van der Waals surface area contributed by atoms with Gasteiger partial charge in [0.05, 0.1) is 12.1 Å². The predicted octanol–water partition coefficient (Wildman–Crippen LogP) is 0.737. The van der Waals surface area contributed by atoms with Crippen LogP contribution in [-0.4, -0.2) is 81.3 Å². The van der Waals surface area contributed by atoms with E-state index in [0.29, 0.717) is 0 Å². The molecular formula is C18H36N6O. The van der Waals surface area contributed by atoms with Crippen LogP contribution in [0.2, 0.25) is 0 Å². The van der Waals surface area contributed by atoms with Gasteiger partial charge in [0.15, 0.2) is 0 Å². The standard InChI is InChI=1S/C18H36N6O/c1-15(13-20-10-6-9-19-4)21-14-22-18(2,3)17(25)23-16-7-11-24(5)12-8-16/h15-16,19-20H,6-13H2,1-5H3,(H,23,25). The molecule has 1 aliphatic heterocycles. The minimum atomic E-state index is -0.840. The maximum Gasteiger partial charge on any atom is 0.248 e. The van der Waals surface area contributed by atoms with Crippen LogP contribution in [0.5, 0.6) is 0 Å². The highest BCUT2D eigenvalue weighted by molar-refractivity contribution is 5.86. The van der Waals surface area contributed by atoms with Gasteiger partial charge in [0.25, 0.3) is 0 Å². The molecule has 1 fully saturated rings. The molecule has 25 heavy (non-hydrogen) atoms. The van der Waals surface area contributed by atoms with Gasteiger partial charge in [-0.1, -0.05) is 0 Å². The van der Waals surface area contributed by atoms with Gasteiger partial charge in [-0.25, -0.2) is 9.98 Å². The monoisotopic (exact) mass is 352 g/mol. The largest absolute Gasteiger partial charge is 0.351 e. The second-order valence-corrected chi connectivity index (χ2v) is 7.46. The lowest BCUT2D eigenvalue weighted by atomic mass is 10.0. The second kappa shape index (κ2) is 11.4. The first-order chi connectivity index (χ1) is 11.8. The van der Waals surface area contributed by atoms with Crippen molar-refractivity contribution in [1.82, 2.24) is 20.9 Å². The molecular weight excluding hydrogens is 316 g/mol. The van der Waals surface area contributed by atoms with Crippen LogP contribution in [0.25, 0.3) is 0 Å². The smallest absolute Gasteiger partial charge is 0.248 e. The molecule has 0 aromatic carbocycles. The molecule has 0 saturated carbocycles. The van der Waals surface area contributed by atoms with Crippen molar-refractivity contribution in [3.05, 3.63) is 0 Å². The second-order valence-electron chi connectivity index (χ2n) is 7.46. The van der Waals surface area contributed by atoms with Crippen LogP contribution >= 0.6 is 0 Å². The molecule has 1 heterocycles. The van der Waals surface area contributed by atoms with E-state index < -0.39 is 5.54 Å². The molecule has 1 rings (SSSR count). The van der Waals surface area contributed by atoms with Gasteiger partial charge in [-0.05, 0) is 80.3 Å². The lowest BCUT2D eigenvalue weighted by Gasteiger charge is -2.31. The summed E-state index contributed by atoms with van der Waals surface area (Å²) in [5.74, 6) is -0.0532. The summed E-state index contributed by atoms with van der Waals surface area (Å²) in [4.78, 5) is 23.3. The van der Waals surface area contributed by atoms with E-state index in [9.17, 15) is 4.79 Å². The summed E-state index contributed by atoms with van der Waals surface area (Å²) in [7, 11) is 4.06. The molecule has 1 aliphatic rings. The van der Waals surface area contributed by atoms with Crippen LogP contribution in [-0.2, 0) is 4.79 Å². The van der Waals surface area contributed by atoms with Crippen LogP contribution in [0.3, 0.4) is 0 Å². The highest BCUT2D eigenvalue weighted by Crippen LogP contribution is 2.13. The lowest BCUT2D eigenvalue weighted by molar-refractivity contribution is -0.126. The van der Waals surface area contributed by atoms with Crippen LogP contribution < -0.4 is 16.0 Å². The summed E-state index contributed by atoms with van der Waals surface area (Å²) in [5.41, 5.74) is -0.840. The Morgan fingerprint density at radius 1 is 1.32 bits per heavy atom. The number of nitrogens with zero attached hydrogens (tertiary/aromatic N) is 3. The third kappa shape index (κ3) is 9.12. The molecule has 0 aliphatic carbocycles. The Kier molecular flexibility index (Phi) is 9.90. The number of likely N-dealkylation sites (tertiary alicyclic amines) is 1. The topological polar surface area (TPSA) is 81.1 Å². The van der Waals surface area contributed by atoms with Crippen molar-refractivity contribution in [3.63, 3.8) is 0 Å². The maximum atomic E-state index is 12.4. The SMILES string of the molecule is CNCCCNCC(C)N=C=NC(C)(C)C(=O)NC1CCN(C)CC1. The Morgan fingerprint density at radius 2 is 2.00 bits per heavy atom. The summed E-state index contributed by atoms with van der Waals surface area (Å²) in [5, 5.41) is 9.58. The first-order valence-electron chi connectivity index (χ1n) is 9.36. The van der Waals surface area contributed by atoms with Crippen LogP contribution in [0.4, 0.5) is 0 Å². The van der Waals surface area contributed by atoms with Crippen molar-refractivity contribution in [2.75, 3.05) is 46.8 Å². The highest BCUT2D eigenvalue weighted by atomic mass is 16.2. The molecule has 3 N–H and O–H groups in total. The van der Waals surface area contributed by atoms with Gasteiger partial charge in [0, 0.05) is 12.6 Å². The molecule has 7 nitrogen and oxygen atoms in total. The van der Waals surface area contributed by atoms with Gasteiger partial charge in [0.1, 0.15) is 5.54 Å². The minimum Gasteiger partial charge on any atom is -0.351 e. The van der Waals surface area contributed by atoms with Crippen molar-refractivity contribution in [1.29, 1.82) is 0 Å². The van der Waals surface area contributed by atoms with E-state index in [4.69, 9.17) is 0 Å². The summed E-state index contributed by atoms with van der Waals surface area (Å²) < 4.78 is 0. The summed E-state index contributed by atoms with van der Waals surface area (Å²) >= 11 is 0. The van der Waals surface area contributed by atoms with Crippen LogP contribution in [0.1, 0.15) is 40.0 Å². The number of carbonyl (C=O) groups is 1. The van der Waals surface area contributed by atoms with E-state index in [1.165, 1.54) is 0 Å². The van der Waals surface area contributed by atoms with Crippen molar-refractivity contribution < 1.29 is 4.79 Å². The molecule has 1 amide bonds. The Hall–Kier alpha value is -1.27. The number of carbonyl (C=O) groups excluding carboxylic acids is 1. The molecule has 0 aromatic heterocycles. The van der Waals surface area contributed by atoms with E-state index in [-0.39, 0.29) is 18.0 Å². The molecule has 0 aromatic rings. The summed E-state index contributed by atoms with van der Waals surface area (Å²) in [6, 6.07) is 3.07.